The van der Waals surface area contributed by atoms with Crippen LogP contribution in [0, 0.1) is 27.7 Å². The van der Waals surface area contributed by atoms with Crippen LogP contribution in [0.25, 0.3) is 0 Å². The van der Waals surface area contributed by atoms with Crippen molar-refractivity contribution in [2.45, 2.75) is 13.3 Å². The lowest BCUT2D eigenvalue weighted by atomic mass is 10.1. The Hall–Kier alpha value is -2.25. The molecular weight excluding hydrogens is 262 g/mol. The Morgan fingerprint density at radius 2 is 2.00 bits per heavy atom. The van der Waals surface area contributed by atoms with Crippen LogP contribution in [-0.4, -0.2) is 22.5 Å². The van der Waals surface area contributed by atoms with Crippen LogP contribution in [0.1, 0.15) is 13.3 Å². The molecule has 0 saturated carbocycles. The Bertz CT molecular complexity index is 484. The molecule has 104 valence electrons. The SMILES string of the molecule is CC(CNc1c(F)cc([N+](=O)[O-])cc1F)CC(=O)O. The Morgan fingerprint density at radius 1 is 1.47 bits per heavy atom. The molecule has 0 bridgehead atoms. The number of carboxylic acid groups (broad SMARTS) is 1. The molecule has 2 N–H and O–H groups in total. The number of rotatable bonds is 6. The third-order valence-electron chi connectivity index (χ3n) is 2.39. The maximum absolute atomic E-state index is 13.5. The molecule has 0 heterocycles. The normalized spacial score (nSPS) is 11.9. The lowest BCUT2D eigenvalue weighted by Gasteiger charge is -2.12. The first-order valence-corrected chi connectivity index (χ1v) is 5.40. The molecule has 1 atom stereocenters. The third kappa shape index (κ3) is 4.16. The summed E-state index contributed by atoms with van der Waals surface area (Å²) in [6, 6.07) is 1.21. The smallest absolute Gasteiger partial charge is 0.303 e. The van der Waals surface area contributed by atoms with E-state index in [2.05, 4.69) is 5.32 Å². The average Bonchev–Trinajstić information content (AvgIpc) is 2.26. The number of carbonyl (C=O) groups is 1. The molecule has 0 aliphatic carbocycles. The second-order valence-corrected chi connectivity index (χ2v) is 4.13. The number of nitro groups is 1. The topological polar surface area (TPSA) is 92.5 Å². The van der Waals surface area contributed by atoms with Gasteiger partial charge in [0.25, 0.3) is 5.69 Å². The number of aliphatic carboxylic acids is 1. The number of nitro benzene ring substituents is 1. The Balaban J connectivity index is 2.79. The third-order valence-corrected chi connectivity index (χ3v) is 2.39. The average molecular weight is 274 g/mol. The van der Waals surface area contributed by atoms with Crippen molar-refractivity contribution in [3.8, 4) is 0 Å². The van der Waals surface area contributed by atoms with Crippen LogP contribution < -0.4 is 5.32 Å². The van der Waals surface area contributed by atoms with E-state index >= 15 is 0 Å². The van der Waals surface area contributed by atoms with Gasteiger partial charge in [-0.15, -0.1) is 0 Å². The van der Waals surface area contributed by atoms with E-state index in [0.29, 0.717) is 12.1 Å². The molecule has 0 fully saturated rings. The molecule has 1 aromatic rings. The van der Waals surface area contributed by atoms with Crippen LogP contribution in [-0.2, 0) is 4.79 Å². The van der Waals surface area contributed by atoms with Crippen molar-refractivity contribution in [3.05, 3.63) is 33.9 Å². The number of non-ortho nitro benzene ring substituents is 1. The Kier molecular flexibility index (Phi) is 4.74. The van der Waals surface area contributed by atoms with Crippen LogP contribution in [0.2, 0.25) is 0 Å². The van der Waals surface area contributed by atoms with Gasteiger partial charge in [-0.05, 0) is 5.92 Å². The summed E-state index contributed by atoms with van der Waals surface area (Å²) < 4.78 is 26.9. The summed E-state index contributed by atoms with van der Waals surface area (Å²) in [5.74, 6) is -3.53. The maximum atomic E-state index is 13.5. The lowest BCUT2D eigenvalue weighted by molar-refractivity contribution is -0.385. The number of anilines is 1. The molecule has 0 amide bonds. The first-order valence-electron chi connectivity index (χ1n) is 5.40. The maximum Gasteiger partial charge on any atom is 0.303 e. The lowest BCUT2D eigenvalue weighted by Crippen LogP contribution is -2.16. The summed E-state index contributed by atoms with van der Waals surface area (Å²) in [5, 5.41) is 21.3. The standard InChI is InChI=1S/C11H12F2N2O4/c1-6(2-10(16)17)5-14-11-8(12)3-7(15(18)19)4-9(11)13/h3-4,6,14H,2,5H2,1H3,(H,16,17). The van der Waals surface area contributed by atoms with Crippen molar-refractivity contribution in [1.29, 1.82) is 0 Å². The van der Waals surface area contributed by atoms with Gasteiger partial charge >= 0.3 is 5.97 Å². The molecule has 1 rings (SSSR count). The van der Waals surface area contributed by atoms with Crippen LogP contribution in [0.5, 0.6) is 0 Å². The predicted molar refractivity (Wildman–Crippen MR) is 62.9 cm³/mol. The minimum absolute atomic E-state index is 0.0396. The van der Waals surface area contributed by atoms with E-state index < -0.39 is 33.9 Å². The van der Waals surface area contributed by atoms with E-state index in [0.717, 1.165) is 0 Å². The van der Waals surface area contributed by atoms with E-state index in [-0.39, 0.29) is 18.9 Å². The summed E-state index contributed by atoms with van der Waals surface area (Å²) >= 11 is 0. The summed E-state index contributed by atoms with van der Waals surface area (Å²) in [4.78, 5) is 19.9. The quantitative estimate of drug-likeness (QED) is 0.613. The molecule has 0 aromatic heterocycles. The minimum atomic E-state index is -1.09. The molecule has 0 aliphatic rings. The summed E-state index contributed by atoms with van der Waals surface area (Å²) in [7, 11) is 0. The van der Waals surface area contributed by atoms with Gasteiger partial charge in [-0.2, -0.15) is 0 Å². The second-order valence-electron chi connectivity index (χ2n) is 4.13. The van der Waals surface area contributed by atoms with Gasteiger partial charge in [0.2, 0.25) is 0 Å². The van der Waals surface area contributed by atoms with E-state index in [1.165, 1.54) is 0 Å². The zero-order chi connectivity index (χ0) is 14.6. The molecule has 1 unspecified atom stereocenters. The highest BCUT2D eigenvalue weighted by atomic mass is 19.1. The molecule has 0 saturated heterocycles. The molecular formula is C11H12F2N2O4. The van der Waals surface area contributed by atoms with Gasteiger partial charge < -0.3 is 10.4 Å². The van der Waals surface area contributed by atoms with E-state index in [1.807, 2.05) is 0 Å². The van der Waals surface area contributed by atoms with Gasteiger partial charge in [0.05, 0.1) is 17.1 Å². The number of nitrogens with one attached hydrogen (secondary N) is 1. The monoisotopic (exact) mass is 274 g/mol. The second kappa shape index (κ2) is 6.07. The van der Waals surface area contributed by atoms with E-state index in [9.17, 15) is 23.7 Å². The number of hydrogen-bond donors (Lipinski definition) is 2. The molecule has 1 aromatic carbocycles. The summed E-state index contributed by atoms with van der Waals surface area (Å²) in [5.41, 5.74) is -1.18. The fourth-order valence-corrected chi connectivity index (χ4v) is 1.48. The number of nitrogens with zero attached hydrogens (tertiary/aromatic N) is 1. The molecule has 19 heavy (non-hydrogen) atoms. The van der Waals surface area contributed by atoms with Crippen molar-refractivity contribution in [1.82, 2.24) is 0 Å². The Morgan fingerprint density at radius 3 is 2.42 bits per heavy atom. The van der Waals surface area contributed by atoms with Gasteiger partial charge in [0.15, 0.2) is 11.6 Å². The van der Waals surface area contributed by atoms with Crippen molar-refractivity contribution >= 4 is 17.3 Å². The van der Waals surface area contributed by atoms with Gasteiger partial charge in [-0.1, -0.05) is 6.92 Å². The summed E-state index contributed by atoms with van der Waals surface area (Å²) in [6.45, 7) is 1.64. The highest BCUT2D eigenvalue weighted by Crippen LogP contribution is 2.25. The van der Waals surface area contributed by atoms with Crippen molar-refractivity contribution in [2.75, 3.05) is 11.9 Å². The molecule has 8 heteroatoms. The minimum Gasteiger partial charge on any atom is -0.481 e. The van der Waals surface area contributed by atoms with Gasteiger partial charge in [0.1, 0.15) is 5.69 Å². The Labute approximate surface area is 107 Å². The number of carboxylic acids is 1. The van der Waals surface area contributed by atoms with Crippen molar-refractivity contribution in [3.63, 3.8) is 0 Å². The van der Waals surface area contributed by atoms with Gasteiger partial charge in [-0.25, -0.2) is 8.78 Å². The zero-order valence-corrected chi connectivity index (χ0v) is 10.0. The molecule has 6 nitrogen and oxygen atoms in total. The van der Waals surface area contributed by atoms with Crippen LogP contribution >= 0.6 is 0 Å². The fourth-order valence-electron chi connectivity index (χ4n) is 1.48. The van der Waals surface area contributed by atoms with Crippen LogP contribution in [0.4, 0.5) is 20.2 Å². The number of hydrogen-bond acceptors (Lipinski definition) is 4. The number of halogens is 2. The first kappa shape index (κ1) is 14.8. The fraction of sp³-hybridized carbons (Fsp3) is 0.364. The predicted octanol–water partition coefficient (Wildman–Crippen LogP) is 2.40. The highest BCUT2D eigenvalue weighted by molar-refractivity contribution is 5.67. The molecule has 0 spiro atoms. The highest BCUT2D eigenvalue weighted by Gasteiger charge is 2.17. The van der Waals surface area contributed by atoms with Gasteiger partial charge in [0, 0.05) is 13.0 Å². The number of benzene rings is 1. The van der Waals surface area contributed by atoms with Crippen LogP contribution in [0.15, 0.2) is 12.1 Å². The van der Waals surface area contributed by atoms with E-state index in [1.54, 1.807) is 6.92 Å². The molecule has 0 aliphatic heterocycles. The summed E-state index contributed by atoms with van der Waals surface area (Å²) in [6.07, 6.45) is -0.150. The van der Waals surface area contributed by atoms with E-state index in [4.69, 9.17) is 5.11 Å². The molecule has 0 radical (unpaired) electrons. The van der Waals surface area contributed by atoms with Crippen LogP contribution in [0.3, 0.4) is 0 Å². The van der Waals surface area contributed by atoms with Gasteiger partial charge in [-0.3, -0.25) is 14.9 Å². The largest absolute Gasteiger partial charge is 0.481 e. The van der Waals surface area contributed by atoms with Crippen molar-refractivity contribution < 1.29 is 23.6 Å². The first-order chi connectivity index (χ1) is 8.81. The zero-order valence-electron chi connectivity index (χ0n) is 10.0. The van der Waals surface area contributed by atoms with Crippen molar-refractivity contribution in [2.24, 2.45) is 5.92 Å².